The van der Waals surface area contributed by atoms with Crippen molar-refractivity contribution in [1.82, 2.24) is 5.32 Å². The summed E-state index contributed by atoms with van der Waals surface area (Å²) in [6, 6.07) is 4.16. The Kier molecular flexibility index (Phi) is 4.58. The number of nitrogens with one attached hydrogen (secondary N) is 1. The molecule has 0 aromatic heterocycles. The van der Waals surface area contributed by atoms with E-state index in [0.717, 1.165) is 32.1 Å². The zero-order chi connectivity index (χ0) is 13.9. The Morgan fingerprint density at radius 1 is 1.37 bits per heavy atom. The van der Waals surface area contributed by atoms with E-state index in [9.17, 15) is 14.3 Å². The van der Waals surface area contributed by atoms with Crippen LogP contribution in [0.1, 0.15) is 42.5 Å². The van der Waals surface area contributed by atoms with E-state index in [-0.39, 0.29) is 17.0 Å². The molecule has 1 aliphatic carbocycles. The molecule has 1 saturated carbocycles. The quantitative estimate of drug-likeness (QED) is 0.895. The lowest BCUT2D eigenvalue weighted by Crippen LogP contribution is -2.52. The number of aliphatic hydroxyl groups excluding tert-OH is 1. The van der Waals surface area contributed by atoms with Crippen molar-refractivity contribution < 1.29 is 14.3 Å². The summed E-state index contributed by atoms with van der Waals surface area (Å²) in [6.45, 7) is -0.0545. The van der Waals surface area contributed by atoms with Gasteiger partial charge in [-0.3, -0.25) is 4.79 Å². The molecule has 1 aromatic rings. The number of hydrogen-bond acceptors (Lipinski definition) is 2. The number of hydrogen-bond donors (Lipinski definition) is 2. The summed E-state index contributed by atoms with van der Waals surface area (Å²) in [7, 11) is 0. The third-order valence-corrected chi connectivity index (χ3v) is 4.28. The maximum Gasteiger partial charge on any atom is 0.251 e. The van der Waals surface area contributed by atoms with Gasteiger partial charge in [0.1, 0.15) is 5.82 Å². The summed E-state index contributed by atoms with van der Waals surface area (Å²) in [5.41, 5.74) is -0.123. The van der Waals surface area contributed by atoms with E-state index in [1.807, 2.05) is 0 Å². The molecule has 0 radical (unpaired) electrons. The fraction of sp³-hybridized carbons (Fsp3) is 0.500. The van der Waals surface area contributed by atoms with Gasteiger partial charge in [0.2, 0.25) is 0 Å². The lowest BCUT2D eigenvalue weighted by Gasteiger charge is -2.36. The average molecular weight is 330 g/mol. The van der Waals surface area contributed by atoms with Gasteiger partial charge in [0.25, 0.3) is 5.91 Å². The molecular formula is C14H17BrFNO2. The molecule has 0 aliphatic heterocycles. The minimum atomic E-state index is -0.518. The predicted octanol–water partition coefficient (Wildman–Crippen LogP) is 3.01. The Hall–Kier alpha value is -0.940. The van der Waals surface area contributed by atoms with E-state index in [1.54, 1.807) is 0 Å². The van der Waals surface area contributed by atoms with Crippen LogP contribution in [0, 0.1) is 5.82 Å². The van der Waals surface area contributed by atoms with Gasteiger partial charge in [-0.05, 0) is 47.0 Å². The summed E-state index contributed by atoms with van der Waals surface area (Å²) >= 11 is 3.07. The maximum atomic E-state index is 13.1. The number of carbonyl (C=O) groups excluding carboxylic acids is 1. The van der Waals surface area contributed by atoms with Gasteiger partial charge in [0, 0.05) is 5.56 Å². The molecule has 0 saturated heterocycles. The fourth-order valence-corrected chi connectivity index (χ4v) is 2.88. The second-order valence-corrected chi connectivity index (χ2v) is 5.94. The van der Waals surface area contributed by atoms with Gasteiger partial charge in [-0.2, -0.15) is 0 Å². The second-order valence-electron chi connectivity index (χ2n) is 5.08. The van der Waals surface area contributed by atoms with Gasteiger partial charge in [-0.25, -0.2) is 4.39 Å². The number of rotatable bonds is 3. The van der Waals surface area contributed by atoms with Crippen LogP contribution in [0.15, 0.2) is 22.7 Å². The van der Waals surface area contributed by atoms with Crippen LogP contribution in [0.5, 0.6) is 0 Å². The van der Waals surface area contributed by atoms with Crippen LogP contribution < -0.4 is 5.32 Å². The van der Waals surface area contributed by atoms with Crippen molar-refractivity contribution in [2.45, 2.75) is 37.6 Å². The molecule has 1 amide bonds. The van der Waals surface area contributed by atoms with E-state index in [2.05, 4.69) is 21.2 Å². The molecule has 2 N–H and O–H groups in total. The molecule has 0 bridgehead atoms. The van der Waals surface area contributed by atoms with E-state index in [0.29, 0.717) is 5.56 Å². The van der Waals surface area contributed by atoms with Crippen LogP contribution >= 0.6 is 15.9 Å². The monoisotopic (exact) mass is 329 g/mol. The summed E-state index contributed by atoms with van der Waals surface area (Å²) in [5, 5.41) is 12.5. The Labute approximate surface area is 120 Å². The zero-order valence-corrected chi connectivity index (χ0v) is 12.2. The molecule has 0 heterocycles. The van der Waals surface area contributed by atoms with Gasteiger partial charge in [0.15, 0.2) is 0 Å². The SMILES string of the molecule is O=C(NC1(CO)CCCCC1)c1ccc(F)c(Br)c1. The third-order valence-electron chi connectivity index (χ3n) is 3.67. The molecule has 0 atom stereocenters. The molecule has 3 nitrogen and oxygen atoms in total. The number of carbonyl (C=O) groups is 1. The highest BCUT2D eigenvalue weighted by Gasteiger charge is 2.33. The fourth-order valence-electron chi connectivity index (χ4n) is 2.50. The molecule has 1 aromatic carbocycles. The topological polar surface area (TPSA) is 49.3 Å². The zero-order valence-electron chi connectivity index (χ0n) is 10.6. The Morgan fingerprint density at radius 3 is 2.63 bits per heavy atom. The first-order valence-corrected chi connectivity index (χ1v) is 7.24. The van der Waals surface area contributed by atoms with Crippen LogP contribution in [0.25, 0.3) is 0 Å². The number of halogens is 2. The van der Waals surface area contributed by atoms with Crippen LogP contribution in [-0.4, -0.2) is 23.2 Å². The summed E-state index contributed by atoms with van der Waals surface area (Å²) in [4.78, 5) is 12.2. The highest BCUT2D eigenvalue weighted by molar-refractivity contribution is 9.10. The van der Waals surface area contributed by atoms with E-state index >= 15 is 0 Å². The lowest BCUT2D eigenvalue weighted by molar-refractivity contribution is 0.0758. The summed E-state index contributed by atoms with van der Waals surface area (Å²) in [5.74, 6) is -0.664. The maximum absolute atomic E-state index is 13.1. The first-order chi connectivity index (χ1) is 9.06. The highest BCUT2D eigenvalue weighted by atomic mass is 79.9. The third kappa shape index (κ3) is 3.34. The predicted molar refractivity (Wildman–Crippen MR) is 74.5 cm³/mol. The summed E-state index contributed by atoms with van der Waals surface area (Å²) in [6.07, 6.45) is 4.73. The Morgan fingerprint density at radius 2 is 2.05 bits per heavy atom. The van der Waals surface area contributed by atoms with Crippen LogP contribution in [0.4, 0.5) is 4.39 Å². The first kappa shape index (κ1) is 14.5. The van der Waals surface area contributed by atoms with E-state index in [1.165, 1.54) is 18.2 Å². The molecule has 19 heavy (non-hydrogen) atoms. The van der Waals surface area contributed by atoms with Crippen molar-refractivity contribution in [3.8, 4) is 0 Å². The van der Waals surface area contributed by atoms with Crippen molar-refractivity contribution in [3.05, 3.63) is 34.1 Å². The van der Waals surface area contributed by atoms with Crippen LogP contribution in [0.2, 0.25) is 0 Å². The molecule has 5 heteroatoms. The van der Waals surface area contributed by atoms with Gasteiger partial charge in [-0.1, -0.05) is 19.3 Å². The van der Waals surface area contributed by atoms with Crippen molar-refractivity contribution >= 4 is 21.8 Å². The minimum absolute atomic E-state index is 0.0545. The molecule has 2 rings (SSSR count). The Bertz CT molecular complexity index is 473. The molecular weight excluding hydrogens is 313 g/mol. The first-order valence-electron chi connectivity index (χ1n) is 6.45. The lowest BCUT2D eigenvalue weighted by atomic mass is 9.82. The van der Waals surface area contributed by atoms with Gasteiger partial charge < -0.3 is 10.4 Å². The standard InChI is InChI=1S/C14H17BrFNO2/c15-11-8-10(4-5-12(11)16)13(19)17-14(9-18)6-2-1-3-7-14/h4-5,8,18H,1-3,6-7,9H2,(H,17,19). The normalized spacial score (nSPS) is 18.1. The molecule has 1 fully saturated rings. The number of amides is 1. The van der Waals surface area contributed by atoms with Gasteiger partial charge in [0.05, 0.1) is 16.6 Å². The minimum Gasteiger partial charge on any atom is -0.394 e. The smallest absolute Gasteiger partial charge is 0.251 e. The number of aliphatic hydroxyl groups is 1. The van der Waals surface area contributed by atoms with Crippen molar-refractivity contribution in [3.63, 3.8) is 0 Å². The molecule has 0 spiro atoms. The molecule has 104 valence electrons. The Balaban J connectivity index is 2.12. The summed E-state index contributed by atoms with van der Waals surface area (Å²) < 4.78 is 13.4. The number of benzene rings is 1. The largest absolute Gasteiger partial charge is 0.394 e. The average Bonchev–Trinajstić information content (AvgIpc) is 2.43. The molecule has 1 aliphatic rings. The van der Waals surface area contributed by atoms with Crippen LogP contribution in [0.3, 0.4) is 0 Å². The second kappa shape index (κ2) is 6.01. The van der Waals surface area contributed by atoms with Crippen molar-refractivity contribution in [1.29, 1.82) is 0 Å². The van der Waals surface area contributed by atoms with Crippen molar-refractivity contribution in [2.75, 3.05) is 6.61 Å². The van der Waals surface area contributed by atoms with Gasteiger partial charge >= 0.3 is 0 Å². The van der Waals surface area contributed by atoms with E-state index in [4.69, 9.17) is 0 Å². The van der Waals surface area contributed by atoms with E-state index < -0.39 is 11.4 Å². The van der Waals surface area contributed by atoms with Crippen molar-refractivity contribution in [2.24, 2.45) is 0 Å². The molecule has 0 unspecified atom stereocenters. The van der Waals surface area contributed by atoms with Crippen LogP contribution in [-0.2, 0) is 0 Å². The highest BCUT2D eigenvalue weighted by Crippen LogP contribution is 2.28. The van der Waals surface area contributed by atoms with Gasteiger partial charge in [-0.15, -0.1) is 0 Å².